The van der Waals surface area contributed by atoms with Crippen molar-refractivity contribution in [3.8, 4) is 22.3 Å². The van der Waals surface area contributed by atoms with E-state index in [2.05, 4.69) is 115 Å². The molecular weight excluding hydrogens is 388 g/mol. The number of fused-ring (bicyclic) bond motifs is 3. The largest absolute Gasteiger partial charge is 0.456 e. The molecule has 0 saturated carbocycles. The fourth-order valence-corrected chi connectivity index (χ4v) is 4.55. The highest BCUT2D eigenvalue weighted by molar-refractivity contribution is 6.08. The van der Waals surface area contributed by atoms with E-state index in [0.717, 1.165) is 17.6 Å². The maximum Gasteiger partial charge on any atom is 0.136 e. The molecule has 1 heteroatoms. The number of rotatable bonds is 4. The molecule has 0 aliphatic heterocycles. The van der Waals surface area contributed by atoms with Gasteiger partial charge in [0, 0.05) is 10.8 Å². The number of benzene rings is 5. The first-order valence-electron chi connectivity index (χ1n) is 11.0. The van der Waals surface area contributed by atoms with Crippen LogP contribution in [0, 0.1) is 0 Å². The zero-order valence-corrected chi connectivity index (χ0v) is 17.7. The normalized spacial score (nSPS) is 11.2. The van der Waals surface area contributed by atoms with Gasteiger partial charge in [0.2, 0.25) is 0 Å². The molecule has 32 heavy (non-hydrogen) atoms. The van der Waals surface area contributed by atoms with Gasteiger partial charge in [-0.1, -0.05) is 103 Å². The van der Waals surface area contributed by atoms with Crippen LogP contribution in [0.25, 0.3) is 44.2 Å². The van der Waals surface area contributed by atoms with Crippen molar-refractivity contribution in [1.82, 2.24) is 0 Å². The van der Waals surface area contributed by atoms with Gasteiger partial charge in [-0.05, 0) is 58.0 Å². The maximum atomic E-state index is 6.29. The molecular formula is C31H22O. The van der Waals surface area contributed by atoms with E-state index in [4.69, 9.17) is 4.42 Å². The van der Waals surface area contributed by atoms with E-state index in [1.54, 1.807) is 0 Å². The van der Waals surface area contributed by atoms with Crippen LogP contribution in [0.5, 0.6) is 0 Å². The molecule has 1 nitrogen and oxygen atoms in total. The average molecular weight is 411 g/mol. The molecule has 5 aromatic carbocycles. The van der Waals surface area contributed by atoms with Crippen LogP contribution in [0.4, 0.5) is 0 Å². The van der Waals surface area contributed by atoms with Gasteiger partial charge in [0.15, 0.2) is 0 Å². The molecule has 6 rings (SSSR count). The number of hydrogen-bond donors (Lipinski definition) is 0. The molecule has 0 unspecified atom stereocenters. The quantitative estimate of drug-likeness (QED) is 0.284. The van der Waals surface area contributed by atoms with Crippen LogP contribution in [-0.4, -0.2) is 0 Å². The third-order valence-electron chi connectivity index (χ3n) is 6.12. The van der Waals surface area contributed by atoms with Crippen LogP contribution >= 0.6 is 0 Å². The van der Waals surface area contributed by atoms with Gasteiger partial charge in [0.25, 0.3) is 0 Å². The lowest BCUT2D eigenvalue weighted by molar-refractivity contribution is 0.669. The van der Waals surface area contributed by atoms with Crippen molar-refractivity contribution in [3.05, 3.63) is 132 Å². The summed E-state index contributed by atoms with van der Waals surface area (Å²) in [5.41, 5.74) is 9.32. The topological polar surface area (TPSA) is 13.1 Å². The zero-order valence-electron chi connectivity index (χ0n) is 17.7. The Bertz CT molecular complexity index is 1510. The Kier molecular flexibility index (Phi) is 4.58. The van der Waals surface area contributed by atoms with Gasteiger partial charge in [-0.3, -0.25) is 0 Å². The highest BCUT2D eigenvalue weighted by atomic mass is 16.3. The second-order valence-corrected chi connectivity index (χ2v) is 8.21. The Labute approximate surface area is 187 Å². The standard InChI is InChI=1S/C31H22O/c1-3-9-22(10-4-1)19-27-20-26(21-30-31(27)28-13-7-8-14-29(28)32-30)25-17-15-24(16-18-25)23-11-5-2-6-12-23/h1-18,20-21H,19H2. The van der Waals surface area contributed by atoms with Crippen LogP contribution in [-0.2, 0) is 6.42 Å². The summed E-state index contributed by atoms with van der Waals surface area (Å²) in [6.45, 7) is 0. The Morgan fingerprint density at radius 3 is 1.81 bits per heavy atom. The van der Waals surface area contributed by atoms with Crippen molar-refractivity contribution in [1.29, 1.82) is 0 Å². The van der Waals surface area contributed by atoms with Crippen molar-refractivity contribution in [3.63, 3.8) is 0 Å². The number of para-hydroxylation sites is 1. The Morgan fingerprint density at radius 1 is 0.469 bits per heavy atom. The summed E-state index contributed by atoms with van der Waals surface area (Å²) in [6.07, 6.45) is 0.872. The lowest BCUT2D eigenvalue weighted by atomic mass is 9.94. The van der Waals surface area contributed by atoms with E-state index in [-0.39, 0.29) is 0 Å². The van der Waals surface area contributed by atoms with Crippen LogP contribution < -0.4 is 0 Å². The highest BCUT2D eigenvalue weighted by Gasteiger charge is 2.14. The van der Waals surface area contributed by atoms with Crippen molar-refractivity contribution < 1.29 is 4.42 Å². The van der Waals surface area contributed by atoms with Gasteiger partial charge in [0.05, 0.1) is 0 Å². The predicted molar refractivity (Wildman–Crippen MR) is 134 cm³/mol. The lowest BCUT2D eigenvalue weighted by Gasteiger charge is -2.10. The van der Waals surface area contributed by atoms with E-state index < -0.39 is 0 Å². The molecule has 0 amide bonds. The molecule has 6 aromatic rings. The highest BCUT2D eigenvalue weighted by Crippen LogP contribution is 2.36. The average Bonchev–Trinajstić information content (AvgIpc) is 3.24. The molecule has 0 radical (unpaired) electrons. The van der Waals surface area contributed by atoms with Gasteiger partial charge in [-0.25, -0.2) is 0 Å². The minimum absolute atomic E-state index is 0.872. The maximum absolute atomic E-state index is 6.29. The Morgan fingerprint density at radius 2 is 1.06 bits per heavy atom. The second-order valence-electron chi connectivity index (χ2n) is 8.21. The molecule has 0 saturated heterocycles. The van der Waals surface area contributed by atoms with Crippen LogP contribution in [0.3, 0.4) is 0 Å². The van der Waals surface area contributed by atoms with E-state index >= 15 is 0 Å². The van der Waals surface area contributed by atoms with E-state index in [1.807, 2.05) is 6.07 Å². The number of furan rings is 1. The molecule has 0 spiro atoms. The minimum atomic E-state index is 0.872. The minimum Gasteiger partial charge on any atom is -0.456 e. The van der Waals surface area contributed by atoms with Crippen molar-refractivity contribution >= 4 is 21.9 Å². The summed E-state index contributed by atoms with van der Waals surface area (Å²) in [4.78, 5) is 0. The monoisotopic (exact) mass is 410 g/mol. The smallest absolute Gasteiger partial charge is 0.136 e. The van der Waals surface area contributed by atoms with Crippen molar-refractivity contribution in [2.75, 3.05) is 0 Å². The van der Waals surface area contributed by atoms with E-state index in [1.165, 1.54) is 44.2 Å². The van der Waals surface area contributed by atoms with Gasteiger partial charge >= 0.3 is 0 Å². The lowest BCUT2D eigenvalue weighted by Crippen LogP contribution is -1.91. The Hall–Kier alpha value is -4.10. The third-order valence-corrected chi connectivity index (χ3v) is 6.12. The fourth-order valence-electron chi connectivity index (χ4n) is 4.55. The Balaban J connectivity index is 1.49. The first-order valence-corrected chi connectivity index (χ1v) is 11.0. The van der Waals surface area contributed by atoms with Crippen LogP contribution in [0.1, 0.15) is 11.1 Å². The molecule has 0 N–H and O–H groups in total. The van der Waals surface area contributed by atoms with Gasteiger partial charge in [-0.2, -0.15) is 0 Å². The summed E-state index contributed by atoms with van der Waals surface area (Å²) < 4.78 is 6.29. The number of hydrogen-bond acceptors (Lipinski definition) is 1. The van der Waals surface area contributed by atoms with E-state index in [9.17, 15) is 0 Å². The summed E-state index contributed by atoms with van der Waals surface area (Å²) >= 11 is 0. The van der Waals surface area contributed by atoms with Gasteiger partial charge in [-0.15, -0.1) is 0 Å². The SMILES string of the molecule is c1ccc(Cc2cc(-c3ccc(-c4ccccc4)cc3)cc3oc4ccccc4c23)cc1. The first kappa shape index (κ1) is 18.7. The predicted octanol–water partition coefficient (Wildman–Crippen LogP) is 8.51. The molecule has 1 heterocycles. The summed E-state index contributed by atoms with van der Waals surface area (Å²) in [7, 11) is 0. The molecule has 0 fully saturated rings. The molecule has 0 aliphatic rings. The van der Waals surface area contributed by atoms with Gasteiger partial charge in [0.1, 0.15) is 11.2 Å². The van der Waals surface area contributed by atoms with Crippen LogP contribution in [0.15, 0.2) is 126 Å². The first-order chi connectivity index (χ1) is 15.8. The fraction of sp³-hybridized carbons (Fsp3) is 0.0323. The van der Waals surface area contributed by atoms with Crippen molar-refractivity contribution in [2.45, 2.75) is 6.42 Å². The summed E-state index contributed by atoms with van der Waals surface area (Å²) in [6, 6.07) is 42.8. The van der Waals surface area contributed by atoms with Gasteiger partial charge < -0.3 is 4.42 Å². The molecule has 0 atom stereocenters. The van der Waals surface area contributed by atoms with Crippen molar-refractivity contribution in [2.24, 2.45) is 0 Å². The van der Waals surface area contributed by atoms with E-state index in [0.29, 0.717) is 0 Å². The second kappa shape index (κ2) is 7.86. The molecule has 0 bridgehead atoms. The van der Waals surface area contributed by atoms with Crippen LogP contribution in [0.2, 0.25) is 0 Å². The third kappa shape index (κ3) is 3.38. The zero-order chi connectivity index (χ0) is 21.3. The molecule has 152 valence electrons. The summed E-state index contributed by atoms with van der Waals surface area (Å²) in [5.74, 6) is 0. The molecule has 0 aliphatic carbocycles. The summed E-state index contributed by atoms with van der Waals surface area (Å²) in [5, 5.41) is 2.40. The molecule has 1 aromatic heterocycles.